The van der Waals surface area contributed by atoms with Crippen LogP contribution in [-0.2, 0) is 0 Å². The van der Waals surface area contributed by atoms with Crippen LogP contribution in [0.15, 0.2) is 24.3 Å². The smallest absolute Gasteiger partial charge is 0.339 e. The number of carbonyl (C=O) groups is 1. The summed E-state index contributed by atoms with van der Waals surface area (Å²) in [6.45, 7) is 0. The Hall–Kier alpha value is -2.30. The first-order chi connectivity index (χ1) is 7.61. The number of anilines is 1. The lowest BCUT2D eigenvalue weighted by Gasteiger charge is -2.05. The van der Waals surface area contributed by atoms with E-state index in [4.69, 9.17) is 15.6 Å². The fraction of sp³-hybridized carbons (Fsp3) is 0.0909. The van der Waals surface area contributed by atoms with Crippen molar-refractivity contribution in [2.45, 2.75) is 0 Å². The number of ether oxygens (including phenoxy) is 1. The third-order valence-electron chi connectivity index (χ3n) is 2.28. The van der Waals surface area contributed by atoms with Crippen molar-refractivity contribution in [3.8, 4) is 5.75 Å². The summed E-state index contributed by atoms with van der Waals surface area (Å²) in [4.78, 5) is 14.9. The second kappa shape index (κ2) is 3.69. The van der Waals surface area contributed by atoms with Crippen molar-refractivity contribution in [3.63, 3.8) is 0 Å². The molecule has 2 rings (SSSR count). The zero-order chi connectivity index (χ0) is 11.7. The highest BCUT2D eigenvalue weighted by atomic mass is 16.5. The molecule has 1 aromatic heterocycles. The standard InChI is InChI=1S/C11H10N2O3/c1-16-7-3-2-6-4-8(11(14)15)10(12)13-9(6)5-7/h2-5H,1H3,(H2,12,13)(H,14,15). The molecular formula is C11H10N2O3. The molecule has 0 bridgehead atoms. The summed E-state index contributed by atoms with van der Waals surface area (Å²) in [7, 11) is 1.55. The monoisotopic (exact) mass is 218 g/mol. The number of aromatic nitrogens is 1. The van der Waals surface area contributed by atoms with E-state index in [1.54, 1.807) is 25.3 Å². The molecule has 0 spiro atoms. The molecule has 0 saturated heterocycles. The summed E-state index contributed by atoms with van der Waals surface area (Å²) in [5, 5.41) is 9.60. The van der Waals surface area contributed by atoms with Crippen molar-refractivity contribution < 1.29 is 14.6 Å². The van der Waals surface area contributed by atoms with Crippen LogP contribution in [0.25, 0.3) is 10.9 Å². The molecule has 0 saturated carbocycles. The topological polar surface area (TPSA) is 85.4 Å². The molecule has 0 fully saturated rings. The molecule has 0 atom stereocenters. The molecule has 3 N–H and O–H groups in total. The number of nitrogen functional groups attached to an aromatic ring is 1. The van der Waals surface area contributed by atoms with E-state index in [1.807, 2.05) is 0 Å². The fourth-order valence-corrected chi connectivity index (χ4v) is 1.46. The summed E-state index contributed by atoms with van der Waals surface area (Å²) < 4.78 is 5.04. The van der Waals surface area contributed by atoms with Crippen LogP contribution in [0.1, 0.15) is 10.4 Å². The minimum Gasteiger partial charge on any atom is -0.497 e. The highest BCUT2D eigenvalue weighted by Gasteiger charge is 2.10. The maximum Gasteiger partial charge on any atom is 0.339 e. The number of nitrogens with zero attached hydrogens (tertiary/aromatic N) is 1. The second-order valence-corrected chi connectivity index (χ2v) is 3.28. The number of carboxylic acid groups (broad SMARTS) is 1. The Labute approximate surface area is 91.5 Å². The Morgan fingerprint density at radius 1 is 1.44 bits per heavy atom. The first-order valence-electron chi connectivity index (χ1n) is 4.59. The second-order valence-electron chi connectivity index (χ2n) is 3.28. The summed E-state index contributed by atoms with van der Waals surface area (Å²) in [5.41, 5.74) is 6.17. The van der Waals surface area contributed by atoms with Crippen LogP contribution in [0.4, 0.5) is 5.82 Å². The molecule has 1 aromatic carbocycles. The predicted octanol–water partition coefficient (Wildman–Crippen LogP) is 1.52. The summed E-state index contributed by atoms with van der Waals surface area (Å²) in [6.07, 6.45) is 0. The molecule has 82 valence electrons. The van der Waals surface area contributed by atoms with Gasteiger partial charge in [-0.05, 0) is 18.2 Å². The normalized spacial score (nSPS) is 10.3. The van der Waals surface area contributed by atoms with Crippen molar-refractivity contribution in [2.24, 2.45) is 0 Å². The Kier molecular flexibility index (Phi) is 2.36. The van der Waals surface area contributed by atoms with Gasteiger partial charge in [0.1, 0.15) is 17.1 Å². The fourth-order valence-electron chi connectivity index (χ4n) is 1.46. The van der Waals surface area contributed by atoms with E-state index in [1.165, 1.54) is 6.07 Å². The maximum atomic E-state index is 10.8. The average molecular weight is 218 g/mol. The van der Waals surface area contributed by atoms with E-state index in [2.05, 4.69) is 4.98 Å². The van der Waals surface area contributed by atoms with Crippen LogP contribution < -0.4 is 10.5 Å². The van der Waals surface area contributed by atoms with Crippen LogP contribution in [0.2, 0.25) is 0 Å². The minimum atomic E-state index is -1.08. The first kappa shape index (κ1) is 10.2. The summed E-state index contributed by atoms with van der Waals surface area (Å²) in [5.74, 6) is -0.418. The number of aromatic carboxylic acids is 1. The van der Waals surface area contributed by atoms with Crippen LogP contribution in [-0.4, -0.2) is 23.2 Å². The molecule has 5 nitrogen and oxygen atoms in total. The van der Waals surface area contributed by atoms with Gasteiger partial charge in [-0.2, -0.15) is 0 Å². The number of hydrogen-bond donors (Lipinski definition) is 2. The quantitative estimate of drug-likeness (QED) is 0.798. The Balaban J connectivity index is 2.68. The zero-order valence-electron chi connectivity index (χ0n) is 8.60. The van der Waals surface area contributed by atoms with Crippen molar-refractivity contribution in [1.82, 2.24) is 4.98 Å². The van der Waals surface area contributed by atoms with Crippen molar-refractivity contribution in [2.75, 3.05) is 12.8 Å². The van der Waals surface area contributed by atoms with E-state index in [0.29, 0.717) is 16.7 Å². The number of carboxylic acids is 1. The lowest BCUT2D eigenvalue weighted by molar-refractivity contribution is 0.0698. The highest BCUT2D eigenvalue weighted by molar-refractivity contribution is 5.97. The maximum absolute atomic E-state index is 10.8. The van der Waals surface area contributed by atoms with Gasteiger partial charge in [-0.3, -0.25) is 0 Å². The van der Waals surface area contributed by atoms with Gasteiger partial charge in [0.15, 0.2) is 0 Å². The third kappa shape index (κ3) is 1.63. The molecule has 0 aliphatic carbocycles. The Morgan fingerprint density at radius 3 is 2.81 bits per heavy atom. The largest absolute Gasteiger partial charge is 0.497 e. The van der Waals surface area contributed by atoms with Crippen LogP contribution >= 0.6 is 0 Å². The van der Waals surface area contributed by atoms with E-state index in [-0.39, 0.29) is 11.4 Å². The van der Waals surface area contributed by atoms with Gasteiger partial charge in [0.2, 0.25) is 0 Å². The number of fused-ring (bicyclic) bond motifs is 1. The predicted molar refractivity (Wildman–Crippen MR) is 59.7 cm³/mol. The average Bonchev–Trinajstić information content (AvgIpc) is 2.27. The lowest BCUT2D eigenvalue weighted by Crippen LogP contribution is -2.04. The van der Waals surface area contributed by atoms with E-state index in [0.717, 1.165) is 0 Å². The number of pyridine rings is 1. The zero-order valence-corrected chi connectivity index (χ0v) is 8.60. The van der Waals surface area contributed by atoms with E-state index in [9.17, 15) is 4.79 Å². The highest BCUT2D eigenvalue weighted by Crippen LogP contribution is 2.22. The molecule has 1 heterocycles. The molecule has 16 heavy (non-hydrogen) atoms. The first-order valence-corrected chi connectivity index (χ1v) is 4.59. The van der Waals surface area contributed by atoms with Gasteiger partial charge in [-0.15, -0.1) is 0 Å². The molecule has 0 amide bonds. The third-order valence-corrected chi connectivity index (χ3v) is 2.28. The number of nitrogens with two attached hydrogens (primary N) is 1. The van der Waals surface area contributed by atoms with Gasteiger partial charge in [-0.25, -0.2) is 9.78 Å². The Morgan fingerprint density at radius 2 is 2.19 bits per heavy atom. The summed E-state index contributed by atoms with van der Waals surface area (Å²) in [6, 6.07) is 6.69. The van der Waals surface area contributed by atoms with Crippen LogP contribution in [0.3, 0.4) is 0 Å². The number of hydrogen-bond acceptors (Lipinski definition) is 4. The van der Waals surface area contributed by atoms with Crippen LogP contribution in [0, 0.1) is 0 Å². The van der Waals surface area contributed by atoms with Gasteiger partial charge in [-0.1, -0.05) is 0 Å². The lowest BCUT2D eigenvalue weighted by atomic mass is 10.1. The number of methoxy groups -OCH3 is 1. The van der Waals surface area contributed by atoms with Crippen LogP contribution in [0.5, 0.6) is 5.75 Å². The number of benzene rings is 1. The van der Waals surface area contributed by atoms with Gasteiger partial charge >= 0.3 is 5.97 Å². The minimum absolute atomic E-state index is 0.00764. The number of rotatable bonds is 2. The molecule has 5 heteroatoms. The SMILES string of the molecule is COc1ccc2cc(C(=O)O)c(N)nc2c1. The van der Waals surface area contributed by atoms with Crippen molar-refractivity contribution in [1.29, 1.82) is 0 Å². The van der Waals surface area contributed by atoms with E-state index < -0.39 is 5.97 Å². The van der Waals surface area contributed by atoms with Gasteiger partial charge in [0, 0.05) is 11.5 Å². The molecule has 2 aromatic rings. The van der Waals surface area contributed by atoms with Gasteiger partial charge in [0.05, 0.1) is 12.6 Å². The van der Waals surface area contributed by atoms with Crippen molar-refractivity contribution in [3.05, 3.63) is 29.8 Å². The summed E-state index contributed by atoms with van der Waals surface area (Å²) >= 11 is 0. The molecule has 0 aliphatic rings. The van der Waals surface area contributed by atoms with Crippen molar-refractivity contribution >= 4 is 22.7 Å². The van der Waals surface area contributed by atoms with Gasteiger partial charge < -0.3 is 15.6 Å². The molecule has 0 radical (unpaired) electrons. The molecular weight excluding hydrogens is 208 g/mol. The van der Waals surface area contributed by atoms with Gasteiger partial charge in [0.25, 0.3) is 0 Å². The Bertz CT molecular complexity index is 566. The molecule has 0 unspecified atom stereocenters. The molecule has 0 aliphatic heterocycles. The van der Waals surface area contributed by atoms with E-state index >= 15 is 0 Å².